The quantitative estimate of drug-likeness (QED) is 0.937. The number of aryl methyl sites for hydroxylation is 2. The number of nitrogens with one attached hydrogen (secondary N) is 1. The summed E-state index contributed by atoms with van der Waals surface area (Å²) in [6.45, 7) is 3.72. The van der Waals surface area contributed by atoms with E-state index in [2.05, 4.69) is 4.72 Å². The van der Waals surface area contributed by atoms with Crippen molar-refractivity contribution in [2.75, 3.05) is 4.72 Å². The molecule has 2 aromatic rings. The van der Waals surface area contributed by atoms with Crippen LogP contribution in [0.25, 0.3) is 0 Å². The Bertz CT molecular complexity index is 694. The molecule has 0 aliphatic heterocycles. The lowest BCUT2D eigenvalue weighted by Gasteiger charge is -2.09. The van der Waals surface area contributed by atoms with Crippen molar-refractivity contribution in [1.82, 2.24) is 0 Å². The fraction of sp³-hybridized carbons (Fsp3) is 0.143. The minimum absolute atomic E-state index is 0.204. The first kappa shape index (κ1) is 13.9. The zero-order chi connectivity index (χ0) is 14.0. The van der Waals surface area contributed by atoms with E-state index in [9.17, 15) is 8.42 Å². The van der Waals surface area contributed by atoms with Crippen LogP contribution >= 0.6 is 11.6 Å². The van der Waals surface area contributed by atoms with Gasteiger partial charge in [0.2, 0.25) is 0 Å². The smallest absolute Gasteiger partial charge is 0.261 e. The molecule has 0 unspecified atom stereocenters. The van der Waals surface area contributed by atoms with Gasteiger partial charge in [-0.1, -0.05) is 29.3 Å². The summed E-state index contributed by atoms with van der Waals surface area (Å²) in [5.41, 5.74) is 2.34. The fourth-order valence-electron chi connectivity index (χ4n) is 1.62. The first-order chi connectivity index (χ1) is 8.88. The molecule has 2 rings (SSSR count). The van der Waals surface area contributed by atoms with E-state index >= 15 is 0 Å². The van der Waals surface area contributed by atoms with Crippen molar-refractivity contribution in [1.29, 1.82) is 0 Å². The maximum atomic E-state index is 12.2. The Hall–Kier alpha value is -1.52. The SMILES string of the molecule is Cc1ccc(NS(=O)(=O)c2ccc(Cl)c(C)c2)cc1. The summed E-state index contributed by atoms with van der Waals surface area (Å²) in [7, 11) is -3.57. The average Bonchev–Trinajstić information content (AvgIpc) is 2.35. The van der Waals surface area contributed by atoms with Crippen LogP contribution in [0.5, 0.6) is 0 Å². The molecule has 0 atom stereocenters. The van der Waals surface area contributed by atoms with Crippen molar-refractivity contribution < 1.29 is 8.42 Å². The molecule has 1 N–H and O–H groups in total. The molecule has 0 saturated heterocycles. The molecule has 0 bridgehead atoms. The first-order valence-electron chi connectivity index (χ1n) is 5.74. The number of hydrogen-bond donors (Lipinski definition) is 1. The van der Waals surface area contributed by atoms with E-state index in [-0.39, 0.29) is 4.90 Å². The summed E-state index contributed by atoms with van der Waals surface area (Å²) < 4.78 is 26.9. The third-order valence-corrected chi connectivity index (χ3v) is 4.55. The number of anilines is 1. The predicted molar refractivity (Wildman–Crippen MR) is 78.2 cm³/mol. The van der Waals surface area contributed by atoms with Gasteiger partial charge in [-0.15, -0.1) is 0 Å². The van der Waals surface area contributed by atoms with Crippen molar-refractivity contribution in [3.63, 3.8) is 0 Å². The summed E-state index contributed by atoms with van der Waals surface area (Å²) in [6, 6.07) is 11.8. The van der Waals surface area contributed by atoms with Crippen LogP contribution in [0, 0.1) is 13.8 Å². The number of hydrogen-bond acceptors (Lipinski definition) is 2. The highest BCUT2D eigenvalue weighted by Crippen LogP contribution is 2.21. The van der Waals surface area contributed by atoms with Crippen molar-refractivity contribution >= 4 is 27.3 Å². The summed E-state index contributed by atoms with van der Waals surface area (Å²) >= 11 is 5.89. The molecule has 3 nitrogen and oxygen atoms in total. The van der Waals surface area contributed by atoms with Crippen LogP contribution < -0.4 is 4.72 Å². The molecule has 0 heterocycles. The zero-order valence-corrected chi connectivity index (χ0v) is 12.2. The van der Waals surface area contributed by atoms with Crippen molar-refractivity contribution in [3.05, 3.63) is 58.6 Å². The monoisotopic (exact) mass is 295 g/mol. The standard InChI is InChI=1S/C14H14ClNO2S/c1-10-3-5-12(6-4-10)16-19(17,18)13-7-8-14(15)11(2)9-13/h3-9,16H,1-2H3. The Morgan fingerprint density at radius 3 is 2.21 bits per heavy atom. The third kappa shape index (κ3) is 3.28. The van der Waals surface area contributed by atoms with Gasteiger partial charge in [0, 0.05) is 10.7 Å². The van der Waals surface area contributed by atoms with Gasteiger partial charge in [-0.05, 0) is 49.7 Å². The van der Waals surface area contributed by atoms with Gasteiger partial charge in [-0.2, -0.15) is 0 Å². The molecular formula is C14H14ClNO2S. The molecule has 0 amide bonds. The van der Waals surface area contributed by atoms with E-state index in [0.29, 0.717) is 10.7 Å². The minimum Gasteiger partial charge on any atom is -0.280 e. The van der Waals surface area contributed by atoms with E-state index < -0.39 is 10.0 Å². The highest BCUT2D eigenvalue weighted by atomic mass is 35.5. The zero-order valence-electron chi connectivity index (χ0n) is 10.6. The van der Waals surface area contributed by atoms with E-state index in [1.807, 2.05) is 19.1 Å². The van der Waals surface area contributed by atoms with Gasteiger partial charge in [-0.3, -0.25) is 4.72 Å². The van der Waals surface area contributed by atoms with Crippen LogP contribution in [0.4, 0.5) is 5.69 Å². The van der Waals surface area contributed by atoms with E-state index in [1.165, 1.54) is 6.07 Å². The van der Waals surface area contributed by atoms with Crippen LogP contribution in [0.2, 0.25) is 5.02 Å². The molecule has 0 aliphatic rings. The van der Waals surface area contributed by atoms with E-state index in [1.54, 1.807) is 31.2 Å². The van der Waals surface area contributed by atoms with Crippen LogP contribution in [0.15, 0.2) is 47.4 Å². The molecule has 0 fully saturated rings. The Morgan fingerprint density at radius 1 is 1.00 bits per heavy atom. The van der Waals surface area contributed by atoms with Gasteiger partial charge >= 0.3 is 0 Å². The highest BCUT2D eigenvalue weighted by molar-refractivity contribution is 7.92. The molecule has 100 valence electrons. The predicted octanol–water partition coefficient (Wildman–Crippen LogP) is 3.76. The maximum absolute atomic E-state index is 12.2. The Balaban J connectivity index is 2.32. The first-order valence-corrected chi connectivity index (χ1v) is 7.60. The summed E-state index contributed by atoms with van der Waals surface area (Å²) in [5, 5.41) is 0.550. The second-order valence-electron chi connectivity index (χ2n) is 4.38. The molecule has 19 heavy (non-hydrogen) atoms. The minimum atomic E-state index is -3.57. The lowest BCUT2D eigenvalue weighted by Crippen LogP contribution is -2.13. The molecule has 5 heteroatoms. The molecule has 2 aromatic carbocycles. The van der Waals surface area contributed by atoms with Crippen LogP contribution in [0.3, 0.4) is 0 Å². The van der Waals surface area contributed by atoms with E-state index in [0.717, 1.165) is 11.1 Å². The number of halogens is 1. The van der Waals surface area contributed by atoms with Gasteiger partial charge in [0.25, 0.3) is 10.0 Å². The molecular weight excluding hydrogens is 282 g/mol. The Labute approximate surface area is 118 Å². The van der Waals surface area contributed by atoms with Gasteiger partial charge in [-0.25, -0.2) is 8.42 Å². The van der Waals surface area contributed by atoms with Crippen molar-refractivity contribution in [3.8, 4) is 0 Å². The number of benzene rings is 2. The van der Waals surface area contributed by atoms with Crippen LogP contribution in [0.1, 0.15) is 11.1 Å². The van der Waals surface area contributed by atoms with Gasteiger partial charge in [0.1, 0.15) is 0 Å². The average molecular weight is 296 g/mol. The fourth-order valence-corrected chi connectivity index (χ4v) is 2.88. The Morgan fingerprint density at radius 2 is 1.63 bits per heavy atom. The largest absolute Gasteiger partial charge is 0.280 e. The van der Waals surface area contributed by atoms with Crippen molar-refractivity contribution in [2.45, 2.75) is 18.7 Å². The lowest BCUT2D eigenvalue weighted by molar-refractivity contribution is 0.601. The molecule has 0 radical (unpaired) electrons. The maximum Gasteiger partial charge on any atom is 0.261 e. The Kier molecular flexibility index (Phi) is 3.83. The molecule has 0 aromatic heterocycles. The van der Waals surface area contributed by atoms with Crippen LogP contribution in [-0.4, -0.2) is 8.42 Å². The molecule has 0 saturated carbocycles. The normalized spacial score (nSPS) is 11.3. The van der Waals surface area contributed by atoms with Gasteiger partial charge < -0.3 is 0 Å². The van der Waals surface area contributed by atoms with Crippen molar-refractivity contribution in [2.24, 2.45) is 0 Å². The summed E-state index contributed by atoms with van der Waals surface area (Å²) in [5.74, 6) is 0. The lowest BCUT2D eigenvalue weighted by atomic mass is 10.2. The second kappa shape index (κ2) is 5.23. The topological polar surface area (TPSA) is 46.2 Å². The number of sulfonamides is 1. The van der Waals surface area contributed by atoms with E-state index in [4.69, 9.17) is 11.6 Å². The molecule has 0 aliphatic carbocycles. The third-order valence-electron chi connectivity index (χ3n) is 2.74. The van der Waals surface area contributed by atoms with Gasteiger partial charge in [0.15, 0.2) is 0 Å². The number of rotatable bonds is 3. The van der Waals surface area contributed by atoms with Crippen LogP contribution in [-0.2, 0) is 10.0 Å². The molecule has 0 spiro atoms. The summed E-state index contributed by atoms with van der Waals surface area (Å²) in [4.78, 5) is 0.204. The van der Waals surface area contributed by atoms with Gasteiger partial charge in [0.05, 0.1) is 4.90 Å². The highest BCUT2D eigenvalue weighted by Gasteiger charge is 2.14. The summed E-state index contributed by atoms with van der Waals surface area (Å²) in [6.07, 6.45) is 0. The second-order valence-corrected chi connectivity index (χ2v) is 6.47.